The largest absolute Gasteiger partial charge is 0.309 e. The molecule has 7 aromatic carbocycles. The van der Waals surface area contributed by atoms with Gasteiger partial charge in [0, 0.05) is 16.8 Å². The second-order valence-electron chi connectivity index (χ2n) is 11.5. The summed E-state index contributed by atoms with van der Waals surface area (Å²) in [5, 5.41) is 18.8. The number of benzene rings is 7. The molecule has 0 spiro atoms. The van der Waals surface area contributed by atoms with Crippen molar-refractivity contribution < 1.29 is 0 Å². The van der Waals surface area contributed by atoms with Crippen molar-refractivity contribution in [3.05, 3.63) is 142 Å². The van der Waals surface area contributed by atoms with E-state index in [0.717, 1.165) is 22.0 Å². The van der Waals surface area contributed by atoms with E-state index in [1.165, 1.54) is 65.9 Å². The predicted octanol–water partition coefficient (Wildman–Crippen LogP) is 11.2. The number of fused-ring (bicyclic) bond motifs is 2. The summed E-state index contributed by atoms with van der Waals surface area (Å²) in [5.74, 6) is 0. The van der Waals surface area contributed by atoms with Crippen molar-refractivity contribution in [2.24, 2.45) is 0 Å². The van der Waals surface area contributed by atoms with Gasteiger partial charge in [-0.25, -0.2) is 10.1 Å². The second kappa shape index (κ2) is 10.0. The van der Waals surface area contributed by atoms with Gasteiger partial charge in [0.05, 0.1) is 18.3 Å². The van der Waals surface area contributed by atoms with Gasteiger partial charge >= 0.3 is 0 Å². The molecule has 0 amide bonds. The normalized spacial score (nSPS) is 11.8. The van der Waals surface area contributed by atoms with Crippen LogP contribution < -0.4 is 4.90 Å². The highest BCUT2D eigenvalue weighted by molar-refractivity contribution is 6.34. The highest BCUT2D eigenvalue weighted by atomic mass is 15.1. The van der Waals surface area contributed by atoms with Crippen molar-refractivity contribution in [2.45, 2.75) is 27.7 Å². The lowest BCUT2D eigenvalue weighted by molar-refractivity contribution is 1.22. The molecule has 7 aromatic rings. The minimum absolute atomic E-state index is 0.0848. The van der Waals surface area contributed by atoms with Crippen molar-refractivity contribution >= 4 is 66.2 Å². The van der Waals surface area contributed by atoms with Gasteiger partial charge in [-0.05, 0) is 106 Å². The van der Waals surface area contributed by atoms with Crippen LogP contribution in [0.15, 0.2) is 103 Å². The van der Waals surface area contributed by atoms with Crippen LogP contribution in [0.2, 0.25) is 0 Å². The average molecular weight is 552 g/mol. The lowest BCUT2D eigenvalue weighted by Crippen LogP contribution is -2.13. The van der Waals surface area contributed by atoms with E-state index in [-0.39, 0.29) is 5.70 Å². The minimum atomic E-state index is 0.0848. The fourth-order valence-corrected chi connectivity index (χ4v) is 6.78. The van der Waals surface area contributed by atoms with Gasteiger partial charge in [-0.3, -0.25) is 0 Å². The van der Waals surface area contributed by atoms with Crippen molar-refractivity contribution in [1.82, 2.24) is 0 Å². The van der Waals surface area contributed by atoms with Crippen LogP contribution in [0.4, 0.5) is 17.1 Å². The topological polar surface area (TPSA) is 31.4 Å². The Labute approximate surface area is 251 Å². The molecule has 0 fully saturated rings. The lowest BCUT2D eigenvalue weighted by atomic mass is 9.87. The molecule has 0 N–H and O–H groups in total. The summed E-state index contributed by atoms with van der Waals surface area (Å²) in [7, 11) is 0. The van der Waals surface area contributed by atoms with E-state index in [0.29, 0.717) is 0 Å². The number of hydrogen-bond donors (Lipinski definition) is 0. The van der Waals surface area contributed by atoms with Crippen LogP contribution in [0.25, 0.3) is 54.0 Å². The van der Waals surface area contributed by atoms with Gasteiger partial charge < -0.3 is 4.90 Å². The standard InChI is InChI=1S/C40H29N3/c1-24-12-17-36(26(3)20-24)43(37-18-13-25(2)21-27(37)4)38-19-16-34-33-15-14-28(22-29(23-41)42-5)30-8-6-9-31(39(30)33)32-10-7-11-35(38)40(32)34/h6-22H,1-4H3/b29-22-. The van der Waals surface area contributed by atoms with Gasteiger partial charge in [0.25, 0.3) is 5.70 Å². The van der Waals surface area contributed by atoms with Crippen molar-refractivity contribution in [3.63, 3.8) is 0 Å². The van der Waals surface area contributed by atoms with Crippen LogP contribution in [-0.4, -0.2) is 0 Å². The second-order valence-corrected chi connectivity index (χ2v) is 11.5. The molecule has 0 aliphatic carbocycles. The smallest absolute Gasteiger partial charge is 0.262 e. The zero-order chi connectivity index (χ0) is 29.8. The van der Waals surface area contributed by atoms with Gasteiger partial charge in [0.15, 0.2) is 0 Å². The first-order chi connectivity index (χ1) is 20.9. The number of nitrogens with zero attached hydrogens (tertiary/aromatic N) is 3. The molecule has 0 radical (unpaired) electrons. The predicted molar refractivity (Wildman–Crippen MR) is 181 cm³/mol. The highest BCUT2D eigenvalue weighted by Gasteiger charge is 2.22. The Hall–Kier alpha value is -5.64. The fourth-order valence-electron chi connectivity index (χ4n) is 6.78. The average Bonchev–Trinajstić information content (AvgIpc) is 3.01. The molecule has 0 saturated heterocycles. The summed E-state index contributed by atoms with van der Waals surface area (Å²) in [6.07, 6.45) is 1.70. The van der Waals surface area contributed by atoms with Crippen molar-refractivity contribution in [2.75, 3.05) is 4.90 Å². The molecule has 0 atom stereocenters. The molecular formula is C40H29N3. The van der Waals surface area contributed by atoms with E-state index >= 15 is 0 Å². The molecule has 7 rings (SSSR count). The number of allylic oxidation sites excluding steroid dienone is 1. The molecule has 0 bridgehead atoms. The van der Waals surface area contributed by atoms with E-state index < -0.39 is 0 Å². The van der Waals surface area contributed by atoms with E-state index in [1.807, 2.05) is 12.1 Å². The van der Waals surface area contributed by atoms with E-state index in [9.17, 15) is 5.26 Å². The third-order valence-corrected chi connectivity index (χ3v) is 8.63. The maximum Gasteiger partial charge on any atom is 0.262 e. The van der Waals surface area contributed by atoms with Gasteiger partial charge in [-0.1, -0.05) is 90.0 Å². The number of hydrogen-bond acceptors (Lipinski definition) is 2. The molecular weight excluding hydrogens is 522 g/mol. The van der Waals surface area contributed by atoms with Crippen molar-refractivity contribution in [1.29, 1.82) is 5.26 Å². The van der Waals surface area contributed by atoms with Crippen LogP contribution >= 0.6 is 0 Å². The Balaban J connectivity index is 1.59. The first-order valence-corrected chi connectivity index (χ1v) is 14.5. The summed E-state index contributed by atoms with van der Waals surface area (Å²) in [6, 6.07) is 37.1. The van der Waals surface area contributed by atoms with Crippen LogP contribution in [0.3, 0.4) is 0 Å². The van der Waals surface area contributed by atoms with Gasteiger partial charge in [-0.15, -0.1) is 0 Å². The van der Waals surface area contributed by atoms with Crippen LogP contribution in [-0.2, 0) is 0 Å². The van der Waals surface area contributed by atoms with Crippen LogP contribution in [0.5, 0.6) is 0 Å². The van der Waals surface area contributed by atoms with E-state index in [2.05, 4.69) is 128 Å². The maximum atomic E-state index is 9.42. The summed E-state index contributed by atoms with van der Waals surface area (Å²) in [6.45, 7) is 16.0. The molecule has 0 saturated carbocycles. The molecule has 204 valence electrons. The zero-order valence-corrected chi connectivity index (χ0v) is 24.7. The Bertz CT molecular complexity index is 2270. The van der Waals surface area contributed by atoms with E-state index in [4.69, 9.17) is 6.57 Å². The number of anilines is 3. The first kappa shape index (κ1) is 26.3. The molecule has 3 nitrogen and oxygen atoms in total. The summed E-state index contributed by atoms with van der Waals surface area (Å²) < 4.78 is 0. The maximum absolute atomic E-state index is 9.42. The van der Waals surface area contributed by atoms with Crippen LogP contribution in [0.1, 0.15) is 27.8 Å². The molecule has 0 aliphatic rings. The van der Waals surface area contributed by atoms with Gasteiger partial charge in [0.2, 0.25) is 0 Å². The third kappa shape index (κ3) is 4.10. The quantitative estimate of drug-likeness (QED) is 0.0943. The first-order valence-electron chi connectivity index (χ1n) is 14.5. The van der Waals surface area contributed by atoms with Gasteiger partial charge in [-0.2, -0.15) is 0 Å². The zero-order valence-electron chi connectivity index (χ0n) is 24.7. The summed E-state index contributed by atoms with van der Waals surface area (Å²) in [4.78, 5) is 5.82. The molecule has 3 heteroatoms. The summed E-state index contributed by atoms with van der Waals surface area (Å²) in [5.41, 5.74) is 9.40. The highest BCUT2D eigenvalue weighted by Crippen LogP contribution is 2.47. The Kier molecular flexibility index (Phi) is 6.12. The SMILES string of the molecule is [C-]#[N+]/C(C#N)=C\c1ccc2c3ccc(N(c4ccc(C)cc4C)c4ccc(C)cc4C)c4cccc(c5cccc1c52)c43. The number of nitriles is 1. The van der Waals surface area contributed by atoms with Crippen molar-refractivity contribution in [3.8, 4) is 6.07 Å². The van der Waals surface area contributed by atoms with E-state index in [1.54, 1.807) is 6.08 Å². The number of rotatable bonds is 4. The fraction of sp³-hybridized carbons (Fsp3) is 0.100. The Morgan fingerprint density at radius 3 is 1.67 bits per heavy atom. The third-order valence-electron chi connectivity index (χ3n) is 8.63. The molecule has 0 aliphatic heterocycles. The van der Waals surface area contributed by atoms with Gasteiger partial charge in [0.1, 0.15) is 0 Å². The van der Waals surface area contributed by atoms with Crippen LogP contribution in [0, 0.1) is 45.6 Å². The Morgan fingerprint density at radius 2 is 1.12 bits per heavy atom. The molecule has 0 unspecified atom stereocenters. The minimum Gasteiger partial charge on any atom is -0.309 e. The Morgan fingerprint density at radius 1 is 0.628 bits per heavy atom. The number of aryl methyl sites for hydroxylation is 4. The molecule has 0 heterocycles. The molecule has 43 heavy (non-hydrogen) atoms. The monoisotopic (exact) mass is 551 g/mol. The lowest BCUT2D eigenvalue weighted by Gasteiger charge is -2.30. The summed E-state index contributed by atoms with van der Waals surface area (Å²) >= 11 is 0. The molecule has 0 aromatic heterocycles.